The van der Waals surface area contributed by atoms with Gasteiger partial charge in [0.2, 0.25) is 0 Å². The van der Waals surface area contributed by atoms with Crippen LogP contribution in [0.1, 0.15) is 78.2 Å². The predicted molar refractivity (Wildman–Crippen MR) is 176 cm³/mol. The van der Waals surface area contributed by atoms with E-state index in [2.05, 4.69) is 108 Å². The van der Waals surface area contributed by atoms with Crippen LogP contribution in [0.15, 0.2) is 24.3 Å². The van der Waals surface area contributed by atoms with Gasteiger partial charge in [-0.2, -0.15) is 0 Å². The van der Waals surface area contributed by atoms with Crippen molar-refractivity contribution < 1.29 is 14.8 Å². The van der Waals surface area contributed by atoms with Crippen molar-refractivity contribution in [3.05, 3.63) is 35.4 Å². The van der Waals surface area contributed by atoms with Crippen molar-refractivity contribution in [3.8, 4) is 11.1 Å². The molecule has 0 heterocycles. The molecule has 0 saturated heterocycles. The molecule has 0 spiro atoms. The van der Waals surface area contributed by atoms with Gasteiger partial charge >= 0.3 is 7.12 Å². The Hall–Kier alpha value is -1.25. The monoisotopic (exact) mass is 566 g/mol. The molecule has 38 heavy (non-hydrogen) atoms. The normalized spacial score (nSPS) is 15.0. The fourth-order valence-electron chi connectivity index (χ4n) is 5.59. The van der Waals surface area contributed by atoms with Crippen molar-refractivity contribution in [2.24, 2.45) is 0 Å². The van der Waals surface area contributed by atoms with Gasteiger partial charge in [-0.05, 0) is 31.7 Å². The number of carbonyl (C=O) groups excluding carboxylic acids is 1. The average Bonchev–Trinajstić information content (AvgIpc) is 3.02. The molecule has 2 aromatic rings. The van der Waals surface area contributed by atoms with E-state index in [-0.39, 0.29) is 20.9 Å². The van der Waals surface area contributed by atoms with Gasteiger partial charge in [0.25, 0.3) is 0 Å². The summed E-state index contributed by atoms with van der Waals surface area (Å²) in [7, 11) is -8.62. The van der Waals surface area contributed by atoms with Crippen molar-refractivity contribution in [3.63, 3.8) is 0 Å². The van der Waals surface area contributed by atoms with E-state index in [4.69, 9.17) is 0 Å². The molecule has 208 valence electrons. The molecular formula is C31H51BO3Si3. The van der Waals surface area contributed by atoms with Crippen LogP contribution in [0.2, 0.25) is 54.4 Å². The highest BCUT2D eigenvalue weighted by Gasteiger charge is 2.54. The highest BCUT2D eigenvalue weighted by Crippen LogP contribution is 2.45. The molecule has 0 atom stereocenters. The highest BCUT2D eigenvalue weighted by atomic mass is 28.3. The Balaban J connectivity index is 2.90. The summed E-state index contributed by atoms with van der Waals surface area (Å²) < 4.78 is 0. The molecule has 1 aliphatic carbocycles. The van der Waals surface area contributed by atoms with Gasteiger partial charge in [0.1, 0.15) is 0 Å². The maximum absolute atomic E-state index is 14.2. The summed E-state index contributed by atoms with van der Waals surface area (Å²) in [5, 5.41) is 26.3. The van der Waals surface area contributed by atoms with Gasteiger partial charge in [-0.15, -0.1) is 0 Å². The fraction of sp³-hybridized carbons (Fsp3) is 0.581. The van der Waals surface area contributed by atoms with Gasteiger partial charge in [0, 0.05) is 11.1 Å². The van der Waals surface area contributed by atoms with Crippen molar-refractivity contribution in [1.29, 1.82) is 0 Å². The van der Waals surface area contributed by atoms with E-state index in [1.54, 1.807) is 0 Å². The van der Waals surface area contributed by atoms with Crippen LogP contribution in [-0.4, -0.2) is 47.2 Å². The number of fused-ring (bicyclic) bond motifs is 3. The van der Waals surface area contributed by atoms with Crippen LogP contribution in [-0.2, 0) is 0 Å². The number of ketones is 1. The van der Waals surface area contributed by atoms with Gasteiger partial charge < -0.3 is 10.0 Å². The number of benzene rings is 2. The first kappa shape index (κ1) is 31.3. The quantitative estimate of drug-likeness (QED) is 0.397. The average molecular weight is 567 g/mol. The lowest BCUT2D eigenvalue weighted by atomic mass is 9.75. The second-order valence-electron chi connectivity index (χ2n) is 16.2. The first-order chi connectivity index (χ1) is 16.8. The SMILES string of the molecule is CC(C)(C)[Si](C)(C)c1c(B(O)O)c2c(c([Si](C)(C)C(C)(C)C)c1[Si](C)(C)C(C)(C)C)-c1ccccc1C2=O. The molecule has 1 aliphatic rings. The molecule has 7 heteroatoms. The topological polar surface area (TPSA) is 57.5 Å². The van der Waals surface area contributed by atoms with Gasteiger partial charge in [0.05, 0.1) is 24.2 Å². The van der Waals surface area contributed by atoms with E-state index >= 15 is 0 Å². The minimum atomic E-state index is -2.38. The summed E-state index contributed by atoms with van der Waals surface area (Å²) in [6.45, 7) is 35.6. The van der Waals surface area contributed by atoms with Crippen LogP contribution in [0.25, 0.3) is 11.1 Å². The molecule has 2 N–H and O–H groups in total. The third-order valence-electron chi connectivity index (χ3n) is 11.0. The van der Waals surface area contributed by atoms with Gasteiger partial charge in [-0.1, -0.05) is 141 Å². The van der Waals surface area contributed by atoms with Crippen LogP contribution in [0.5, 0.6) is 0 Å². The fourth-order valence-corrected chi connectivity index (χ4v) is 16.5. The molecule has 0 amide bonds. The van der Waals surface area contributed by atoms with Crippen LogP contribution in [0.4, 0.5) is 0 Å². The molecule has 0 saturated carbocycles. The van der Waals surface area contributed by atoms with Gasteiger partial charge in [0.15, 0.2) is 5.78 Å². The zero-order valence-electron chi connectivity index (χ0n) is 26.7. The van der Waals surface area contributed by atoms with Crippen LogP contribution in [0.3, 0.4) is 0 Å². The predicted octanol–water partition coefficient (Wildman–Crippen LogP) is 5.72. The molecule has 3 nitrogen and oxygen atoms in total. The molecule has 0 unspecified atom stereocenters. The standard InChI is InChI=1S/C31H51BO3Si3/c1-29(2,3)36(10,11)26-22-20-18-16-17-19-21(20)25(33)23(22)24(32(34)35)27(37(12,13)30(4,5)6)28(26)38(14,15)31(7,8)9/h16-19,34-35H,1-15H3. The third kappa shape index (κ3) is 4.41. The van der Waals surface area contributed by atoms with Crippen molar-refractivity contribution in [1.82, 2.24) is 0 Å². The Bertz CT molecular complexity index is 1290. The van der Waals surface area contributed by atoms with E-state index in [1.807, 2.05) is 18.2 Å². The minimum Gasteiger partial charge on any atom is -0.423 e. The maximum atomic E-state index is 14.2. The minimum absolute atomic E-state index is 0.0231. The second kappa shape index (κ2) is 9.13. The Kier molecular flexibility index (Phi) is 7.52. The van der Waals surface area contributed by atoms with Crippen LogP contribution < -0.4 is 21.0 Å². The Labute approximate surface area is 235 Å². The van der Waals surface area contributed by atoms with E-state index in [1.165, 1.54) is 10.4 Å². The summed E-state index contributed by atoms with van der Waals surface area (Å²) in [6.07, 6.45) is 0. The Morgan fingerprint density at radius 2 is 0.947 bits per heavy atom. The Morgan fingerprint density at radius 1 is 0.579 bits per heavy atom. The number of carbonyl (C=O) groups is 1. The smallest absolute Gasteiger partial charge is 0.423 e. The summed E-state index contributed by atoms with van der Waals surface area (Å²) in [4.78, 5) is 14.2. The molecule has 0 fully saturated rings. The van der Waals surface area contributed by atoms with Crippen LogP contribution >= 0.6 is 0 Å². The van der Waals surface area contributed by atoms with E-state index in [9.17, 15) is 14.8 Å². The van der Waals surface area contributed by atoms with E-state index < -0.39 is 31.3 Å². The van der Waals surface area contributed by atoms with E-state index in [0.29, 0.717) is 16.6 Å². The lowest BCUT2D eigenvalue weighted by Gasteiger charge is -2.51. The molecule has 2 aromatic carbocycles. The molecule has 0 aromatic heterocycles. The molecule has 0 bridgehead atoms. The molecular weight excluding hydrogens is 515 g/mol. The van der Waals surface area contributed by atoms with Crippen molar-refractivity contribution >= 4 is 58.1 Å². The lowest BCUT2D eigenvalue weighted by Crippen LogP contribution is -2.77. The summed E-state index contributed by atoms with van der Waals surface area (Å²) in [6, 6.07) is 7.93. The Morgan fingerprint density at radius 3 is 1.34 bits per heavy atom. The first-order valence-electron chi connectivity index (χ1n) is 14.1. The first-order valence-corrected chi connectivity index (χ1v) is 23.1. The van der Waals surface area contributed by atoms with Gasteiger partial charge in [-0.25, -0.2) is 0 Å². The number of rotatable bonds is 4. The molecule has 0 radical (unpaired) electrons. The highest BCUT2D eigenvalue weighted by molar-refractivity contribution is 7.09. The third-order valence-corrected chi connectivity index (χ3v) is 28.0. The number of hydrogen-bond acceptors (Lipinski definition) is 3. The summed E-state index contributed by atoms with van der Waals surface area (Å²) in [5.74, 6) is -0.0552. The zero-order valence-corrected chi connectivity index (χ0v) is 29.7. The van der Waals surface area contributed by atoms with Crippen molar-refractivity contribution in [2.75, 3.05) is 0 Å². The van der Waals surface area contributed by atoms with Gasteiger partial charge in [-0.3, -0.25) is 4.79 Å². The van der Waals surface area contributed by atoms with E-state index in [0.717, 1.165) is 16.3 Å². The molecule has 0 aliphatic heterocycles. The zero-order chi connectivity index (χ0) is 29.6. The summed E-state index contributed by atoms with van der Waals surface area (Å²) >= 11 is 0. The largest absolute Gasteiger partial charge is 0.489 e. The number of hydrogen-bond donors (Lipinski definition) is 2. The summed E-state index contributed by atoms with van der Waals surface area (Å²) in [5.41, 5.74) is 3.72. The molecule has 3 rings (SSSR count). The van der Waals surface area contributed by atoms with Crippen molar-refractivity contribution in [2.45, 2.75) is 117 Å². The van der Waals surface area contributed by atoms with Crippen LogP contribution in [0, 0.1) is 0 Å². The second-order valence-corrected chi connectivity index (χ2v) is 31.9. The lowest BCUT2D eigenvalue weighted by molar-refractivity contribution is 0.104. The maximum Gasteiger partial charge on any atom is 0.489 e.